The normalized spacial score (nSPS) is 12.1. The SMILES string of the molecule is CCNC(=NCCN(C)S(=O)(=O)c1cccs1)NCCc1nc(C)c(C)s1.I. The van der Waals surface area contributed by atoms with E-state index in [1.165, 1.54) is 20.5 Å². The number of rotatable bonds is 9. The molecular formula is C17H28IN5O2S3. The van der Waals surface area contributed by atoms with Crippen molar-refractivity contribution in [3.8, 4) is 0 Å². The molecule has 0 spiro atoms. The standard InChI is InChI=1S/C17H27N5O2S3.HI/c1-5-18-17(19-9-8-15-21-13(2)14(3)26-15)20-10-11-22(4)27(23,24)16-7-6-12-25-16;/h6-7,12H,5,8-11H2,1-4H3,(H2,18,19,20);1H. The predicted octanol–water partition coefficient (Wildman–Crippen LogP) is 2.86. The van der Waals surface area contributed by atoms with Crippen LogP contribution in [0.2, 0.25) is 0 Å². The third-order valence-corrected chi connectivity index (χ3v) is 8.26. The van der Waals surface area contributed by atoms with Gasteiger partial charge in [-0.3, -0.25) is 4.99 Å². The number of aryl methyl sites for hydroxylation is 2. The fourth-order valence-electron chi connectivity index (χ4n) is 2.26. The molecule has 2 heterocycles. The third-order valence-electron chi connectivity index (χ3n) is 3.89. The molecule has 0 amide bonds. The lowest BCUT2D eigenvalue weighted by Crippen LogP contribution is -2.39. The van der Waals surface area contributed by atoms with Crippen LogP contribution in [0.4, 0.5) is 0 Å². The first-order valence-electron chi connectivity index (χ1n) is 8.79. The van der Waals surface area contributed by atoms with Crippen LogP contribution in [0.25, 0.3) is 0 Å². The minimum atomic E-state index is -3.43. The Balaban J connectivity index is 0.00000392. The summed E-state index contributed by atoms with van der Waals surface area (Å²) < 4.78 is 26.5. The maximum Gasteiger partial charge on any atom is 0.252 e. The zero-order chi connectivity index (χ0) is 19.9. The van der Waals surface area contributed by atoms with Crippen molar-refractivity contribution >= 4 is 62.6 Å². The van der Waals surface area contributed by atoms with Crippen LogP contribution in [0, 0.1) is 13.8 Å². The number of aromatic nitrogens is 1. The number of halogens is 1. The van der Waals surface area contributed by atoms with Crippen LogP contribution < -0.4 is 10.6 Å². The minimum absolute atomic E-state index is 0. The Hall–Kier alpha value is -0.760. The molecule has 158 valence electrons. The molecule has 0 fully saturated rings. The summed E-state index contributed by atoms with van der Waals surface area (Å²) in [5.74, 6) is 0.685. The van der Waals surface area contributed by atoms with Gasteiger partial charge < -0.3 is 10.6 Å². The number of aliphatic imine (C=N–C) groups is 1. The number of likely N-dealkylation sites (N-methyl/N-ethyl adjacent to an activating group) is 1. The van der Waals surface area contributed by atoms with E-state index < -0.39 is 10.0 Å². The Kier molecular flexibility index (Phi) is 10.9. The molecule has 0 aliphatic carbocycles. The number of nitrogens with zero attached hydrogens (tertiary/aromatic N) is 3. The lowest BCUT2D eigenvalue weighted by atomic mass is 10.4. The van der Waals surface area contributed by atoms with Crippen molar-refractivity contribution in [1.82, 2.24) is 19.9 Å². The summed E-state index contributed by atoms with van der Waals surface area (Å²) >= 11 is 2.94. The molecule has 2 aromatic rings. The molecule has 0 bridgehead atoms. The largest absolute Gasteiger partial charge is 0.357 e. The van der Waals surface area contributed by atoms with Gasteiger partial charge in [0.05, 0.1) is 17.2 Å². The topological polar surface area (TPSA) is 86.7 Å². The first-order chi connectivity index (χ1) is 12.8. The Labute approximate surface area is 192 Å². The van der Waals surface area contributed by atoms with Crippen molar-refractivity contribution < 1.29 is 8.42 Å². The fraction of sp³-hybridized carbons (Fsp3) is 0.529. The van der Waals surface area contributed by atoms with Gasteiger partial charge in [0.15, 0.2) is 5.96 Å². The molecular weight excluding hydrogens is 529 g/mol. The summed E-state index contributed by atoms with van der Waals surface area (Å²) in [5, 5.41) is 9.33. The summed E-state index contributed by atoms with van der Waals surface area (Å²) in [7, 11) is -1.84. The van der Waals surface area contributed by atoms with Gasteiger partial charge in [0, 0.05) is 38.0 Å². The van der Waals surface area contributed by atoms with Gasteiger partial charge in [0.1, 0.15) is 4.21 Å². The number of thiazole rings is 1. The molecule has 2 rings (SSSR count). The molecule has 0 unspecified atom stereocenters. The van der Waals surface area contributed by atoms with E-state index in [0.29, 0.717) is 23.3 Å². The van der Waals surface area contributed by atoms with Crippen LogP contribution in [0.3, 0.4) is 0 Å². The average Bonchev–Trinajstić information content (AvgIpc) is 3.26. The number of guanidine groups is 1. The van der Waals surface area contributed by atoms with Crippen molar-refractivity contribution in [1.29, 1.82) is 0 Å². The second-order valence-electron chi connectivity index (χ2n) is 5.95. The van der Waals surface area contributed by atoms with Crippen molar-refractivity contribution in [2.75, 3.05) is 33.2 Å². The fourth-order valence-corrected chi connectivity index (χ4v) is 5.56. The molecule has 11 heteroatoms. The van der Waals surface area contributed by atoms with Crippen molar-refractivity contribution in [2.24, 2.45) is 4.99 Å². The highest BCUT2D eigenvalue weighted by Crippen LogP contribution is 2.19. The number of thiophene rings is 1. The number of nitrogens with one attached hydrogen (secondary N) is 2. The summed E-state index contributed by atoms with van der Waals surface area (Å²) in [5.41, 5.74) is 1.09. The molecule has 0 atom stereocenters. The quantitative estimate of drug-likeness (QED) is 0.282. The molecule has 2 N–H and O–H groups in total. The van der Waals surface area contributed by atoms with Gasteiger partial charge in [0.25, 0.3) is 10.0 Å². The summed E-state index contributed by atoms with van der Waals surface area (Å²) in [6, 6.07) is 3.36. The highest BCUT2D eigenvalue weighted by Gasteiger charge is 2.21. The first kappa shape index (κ1) is 25.3. The zero-order valence-electron chi connectivity index (χ0n) is 16.6. The van der Waals surface area contributed by atoms with Gasteiger partial charge >= 0.3 is 0 Å². The molecule has 7 nitrogen and oxygen atoms in total. The van der Waals surface area contributed by atoms with Crippen LogP contribution >= 0.6 is 46.7 Å². The van der Waals surface area contributed by atoms with Gasteiger partial charge in [-0.15, -0.1) is 46.7 Å². The maximum absolute atomic E-state index is 12.4. The van der Waals surface area contributed by atoms with E-state index in [-0.39, 0.29) is 24.0 Å². The predicted molar refractivity (Wildman–Crippen MR) is 129 cm³/mol. The number of hydrogen-bond donors (Lipinski definition) is 2. The highest BCUT2D eigenvalue weighted by atomic mass is 127. The molecule has 28 heavy (non-hydrogen) atoms. The van der Waals surface area contributed by atoms with Crippen LogP contribution in [-0.4, -0.2) is 56.9 Å². The first-order valence-corrected chi connectivity index (χ1v) is 11.9. The van der Waals surface area contributed by atoms with Gasteiger partial charge in [-0.05, 0) is 32.2 Å². The summed E-state index contributed by atoms with van der Waals surface area (Å²) in [6.07, 6.45) is 0.830. The highest BCUT2D eigenvalue weighted by molar-refractivity contribution is 14.0. The molecule has 0 saturated carbocycles. The van der Waals surface area contributed by atoms with Crippen LogP contribution in [-0.2, 0) is 16.4 Å². The Morgan fingerprint density at radius 3 is 2.64 bits per heavy atom. The maximum atomic E-state index is 12.4. The zero-order valence-corrected chi connectivity index (χ0v) is 21.3. The number of sulfonamides is 1. The van der Waals surface area contributed by atoms with Crippen molar-refractivity contribution in [3.63, 3.8) is 0 Å². The minimum Gasteiger partial charge on any atom is -0.357 e. The average molecular weight is 558 g/mol. The lowest BCUT2D eigenvalue weighted by molar-refractivity contribution is 0.478. The Morgan fingerprint density at radius 1 is 1.32 bits per heavy atom. The number of hydrogen-bond acceptors (Lipinski definition) is 6. The van der Waals surface area contributed by atoms with E-state index in [2.05, 4.69) is 27.5 Å². The van der Waals surface area contributed by atoms with E-state index >= 15 is 0 Å². The van der Waals surface area contributed by atoms with Crippen molar-refractivity contribution in [2.45, 2.75) is 31.4 Å². The second-order valence-corrected chi connectivity index (χ2v) is 10.5. The van der Waals surface area contributed by atoms with Crippen LogP contribution in [0.15, 0.2) is 26.7 Å². The Bertz CT molecular complexity index is 831. The molecule has 2 aromatic heterocycles. The monoisotopic (exact) mass is 557 g/mol. The van der Waals surface area contributed by atoms with E-state index in [1.807, 2.05) is 13.8 Å². The van der Waals surface area contributed by atoms with Gasteiger partial charge in [-0.1, -0.05) is 6.07 Å². The van der Waals surface area contributed by atoms with E-state index in [9.17, 15) is 8.42 Å². The van der Waals surface area contributed by atoms with E-state index in [1.54, 1.807) is 35.9 Å². The lowest BCUT2D eigenvalue weighted by Gasteiger charge is -2.15. The molecule has 0 saturated heterocycles. The molecule has 0 aromatic carbocycles. The second kappa shape index (κ2) is 12.1. The molecule has 0 aliphatic heterocycles. The van der Waals surface area contributed by atoms with Crippen molar-refractivity contribution in [3.05, 3.63) is 33.1 Å². The van der Waals surface area contributed by atoms with Gasteiger partial charge in [0.2, 0.25) is 0 Å². The smallest absolute Gasteiger partial charge is 0.252 e. The van der Waals surface area contributed by atoms with E-state index in [0.717, 1.165) is 30.2 Å². The summed E-state index contributed by atoms with van der Waals surface area (Å²) in [4.78, 5) is 10.3. The molecule has 0 aliphatic rings. The van der Waals surface area contributed by atoms with Crippen LogP contribution in [0.1, 0.15) is 22.5 Å². The van der Waals surface area contributed by atoms with E-state index in [4.69, 9.17) is 0 Å². The summed E-state index contributed by atoms with van der Waals surface area (Å²) in [6.45, 7) is 8.27. The Morgan fingerprint density at radius 2 is 2.07 bits per heavy atom. The third kappa shape index (κ3) is 7.25. The van der Waals surface area contributed by atoms with Gasteiger partial charge in [-0.2, -0.15) is 4.31 Å². The van der Waals surface area contributed by atoms with Crippen LogP contribution in [0.5, 0.6) is 0 Å². The van der Waals surface area contributed by atoms with Gasteiger partial charge in [-0.25, -0.2) is 13.4 Å². The molecule has 0 radical (unpaired) electrons.